The van der Waals surface area contributed by atoms with Crippen LogP contribution in [0.3, 0.4) is 0 Å². The zero-order chi connectivity index (χ0) is 17.0. The van der Waals surface area contributed by atoms with Crippen LogP contribution >= 0.6 is 0 Å². The number of rotatable bonds is 6. The minimum Gasteiger partial charge on any atom is -0.480 e. The van der Waals surface area contributed by atoms with Gasteiger partial charge in [-0.05, 0) is 37.9 Å². The highest BCUT2D eigenvalue weighted by atomic mass is 16.6. The Balaban J connectivity index is 1.90. The molecule has 1 unspecified atom stereocenters. The zero-order valence-electron chi connectivity index (χ0n) is 12.8. The summed E-state index contributed by atoms with van der Waals surface area (Å²) >= 11 is 0. The lowest BCUT2D eigenvalue weighted by atomic mass is 10.1. The largest absolute Gasteiger partial charge is 0.480 e. The van der Waals surface area contributed by atoms with Gasteiger partial charge >= 0.3 is 5.97 Å². The van der Waals surface area contributed by atoms with E-state index in [1.807, 2.05) is 0 Å². The summed E-state index contributed by atoms with van der Waals surface area (Å²) in [5, 5.41) is 22.5. The normalized spacial score (nSPS) is 17.9. The molecule has 1 saturated heterocycles. The fraction of sp³-hybridized carbons (Fsp3) is 0.467. The van der Waals surface area contributed by atoms with Gasteiger partial charge in [-0.2, -0.15) is 0 Å². The van der Waals surface area contributed by atoms with E-state index in [0.717, 1.165) is 6.42 Å². The molecule has 0 saturated carbocycles. The first kappa shape index (κ1) is 16.9. The van der Waals surface area contributed by atoms with E-state index in [-0.39, 0.29) is 18.0 Å². The molecule has 1 aromatic rings. The summed E-state index contributed by atoms with van der Waals surface area (Å²) in [6.45, 7) is 2.75. The average Bonchev–Trinajstić information content (AvgIpc) is 2.95. The lowest BCUT2D eigenvalue weighted by molar-refractivity contribution is -0.384. The second-order valence-electron chi connectivity index (χ2n) is 5.59. The number of hydrogen-bond donors (Lipinski definition) is 2. The van der Waals surface area contributed by atoms with Crippen LogP contribution in [0.5, 0.6) is 0 Å². The molecule has 1 aliphatic heterocycles. The topological polar surface area (TPSA) is 113 Å². The number of aliphatic carboxylic acids is 1. The van der Waals surface area contributed by atoms with Crippen molar-refractivity contribution >= 4 is 23.3 Å². The van der Waals surface area contributed by atoms with Gasteiger partial charge in [0, 0.05) is 30.8 Å². The summed E-state index contributed by atoms with van der Waals surface area (Å²) < 4.78 is 0. The van der Waals surface area contributed by atoms with Crippen LogP contribution in [0.1, 0.15) is 24.8 Å². The maximum Gasteiger partial charge on any atom is 0.320 e. The van der Waals surface area contributed by atoms with Crippen molar-refractivity contribution in [2.45, 2.75) is 32.2 Å². The number of carbonyl (C=O) groups is 2. The molecule has 0 bridgehead atoms. The Morgan fingerprint density at radius 3 is 2.83 bits per heavy atom. The third-order valence-electron chi connectivity index (χ3n) is 3.97. The SMILES string of the molecule is Cc1cc([N+](=O)[O-])ccc1NC(=O)CCN1CCCC1C(=O)O. The Hall–Kier alpha value is -2.48. The molecule has 1 fully saturated rings. The number of nitro benzene ring substituents is 1. The zero-order valence-corrected chi connectivity index (χ0v) is 12.8. The number of carbonyl (C=O) groups excluding carboxylic acids is 1. The number of aryl methyl sites for hydroxylation is 1. The van der Waals surface area contributed by atoms with Gasteiger partial charge in [-0.1, -0.05) is 0 Å². The lowest BCUT2D eigenvalue weighted by Crippen LogP contribution is -2.37. The monoisotopic (exact) mass is 321 g/mol. The van der Waals surface area contributed by atoms with E-state index in [9.17, 15) is 19.7 Å². The molecular formula is C15H19N3O5. The van der Waals surface area contributed by atoms with E-state index in [1.54, 1.807) is 11.8 Å². The van der Waals surface area contributed by atoms with E-state index in [2.05, 4.69) is 5.32 Å². The summed E-state index contributed by atoms with van der Waals surface area (Å²) in [4.78, 5) is 35.1. The van der Waals surface area contributed by atoms with Crippen molar-refractivity contribution in [2.75, 3.05) is 18.4 Å². The molecule has 0 spiro atoms. The first-order valence-corrected chi connectivity index (χ1v) is 7.40. The van der Waals surface area contributed by atoms with Crippen LogP contribution in [0.15, 0.2) is 18.2 Å². The molecule has 8 nitrogen and oxygen atoms in total. The third-order valence-corrected chi connectivity index (χ3v) is 3.97. The summed E-state index contributed by atoms with van der Waals surface area (Å²) in [5.41, 5.74) is 1.11. The van der Waals surface area contributed by atoms with Gasteiger partial charge in [0.2, 0.25) is 5.91 Å². The van der Waals surface area contributed by atoms with Crippen LogP contribution in [0.25, 0.3) is 0 Å². The Labute approximate surface area is 133 Å². The second-order valence-corrected chi connectivity index (χ2v) is 5.59. The van der Waals surface area contributed by atoms with E-state index < -0.39 is 16.9 Å². The number of anilines is 1. The van der Waals surface area contributed by atoms with Gasteiger partial charge in [0.25, 0.3) is 5.69 Å². The molecule has 1 heterocycles. The van der Waals surface area contributed by atoms with Gasteiger partial charge in [-0.15, -0.1) is 0 Å². The number of likely N-dealkylation sites (tertiary alicyclic amines) is 1. The van der Waals surface area contributed by atoms with Crippen molar-refractivity contribution in [1.29, 1.82) is 0 Å². The van der Waals surface area contributed by atoms with E-state index in [4.69, 9.17) is 5.11 Å². The van der Waals surface area contributed by atoms with Crippen molar-refractivity contribution in [2.24, 2.45) is 0 Å². The molecule has 1 aromatic carbocycles. The number of nitrogens with zero attached hydrogens (tertiary/aromatic N) is 2. The number of non-ortho nitro benzene ring substituents is 1. The third kappa shape index (κ3) is 4.26. The maximum atomic E-state index is 12.0. The fourth-order valence-electron chi connectivity index (χ4n) is 2.73. The Morgan fingerprint density at radius 2 is 2.22 bits per heavy atom. The van der Waals surface area contributed by atoms with Crippen LogP contribution in [0, 0.1) is 17.0 Å². The van der Waals surface area contributed by atoms with Crippen molar-refractivity contribution < 1.29 is 19.6 Å². The Bertz CT molecular complexity index is 632. The summed E-state index contributed by atoms with van der Waals surface area (Å²) in [5.74, 6) is -1.09. The molecule has 2 rings (SSSR count). The predicted octanol–water partition coefficient (Wildman–Crippen LogP) is 1.78. The minimum absolute atomic E-state index is 0.0261. The molecule has 23 heavy (non-hydrogen) atoms. The quantitative estimate of drug-likeness (QED) is 0.610. The molecule has 2 N–H and O–H groups in total. The molecular weight excluding hydrogens is 302 g/mol. The minimum atomic E-state index is -0.853. The molecule has 1 aliphatic rings. The van der Waals surface area contributed by atoms with Gasteiger partial charge in [0.05, 0.1) is 4.92 Å². The molecule has 1 atom stereocenters. The first-order valence-electron chi connectivity index (χ1n) is 7.40. The maximum absolute atomic E-state index is 12.0. The first-order chi connectivity index (χ1) is 10.9. The van der Waals surface area contributed by atoms with Crippen LogP contribution in [0.4, 0.5) is 11.4 Å². The number of carboxylic acid groups (broad SMARTS) is 1. The summed E-state index contributed by atoms with van der Waals surface area (Å²) in [7, 11) is 0. The number of carboxylic acids is 1. The van der Waals surface area contributed by atoms with E-state index >= 15 is 0 Å². The average molecular weight is 321 g/mol. The molecule has 1 amide bonds. The lowest BCUT2D eigenvalue weighted by Gasteiger charge is -2.20. The van der Waals surface area contributed by atoms with Gasteiger partial charge in [0.15, 0.2) is 0 Å². The number of nitro groups is 1. The standard InChI is InChI=1S/C15H19N3O5/c1-10-9-11(18(22)23)4-5-12(10)16-14(19)6-8-17-7-2-3-13(17)15(20)21/h4-5,9,13H,2-3,6-8H2,1H3,(H,16,19)(H,20,21). The van der Waals surface area contributed by atoms with Crippen LogP contribution < -0.4 is 5.32 Å². The van der Waals surface area contributed by atoms with Crippen LogP contribution in [0.2, 0.25) is 0 Å². The molecule has 8 heteroatoms. The summed E-state index contributed by atoms with van der Waals surface area (Å²) in [6.07, 6.45) is 1.61. The van der Waals surface area contributed by atoms with Crippen molar-refractivity contribution in [3.63, 3.8) is 0 Å². The number of hydrogen-bond acceptors (Lipinski definition) is 5. The number of benzene rings is 1. The molecule has 0 aromatic heterocycles. The molecule has 0 aliphatic carbocycles. The number of nitrogens with one attached hydrogen (secondary N) is 1. The van der Waals surface area contributed by atoms with Crippen molar-refractivity contribution in [1.82, 2.24) is 4.90 Å². The summed E-state index contributed by atoms with van der Waals surface area (Å²) in [6, 6.07) is 3.73. The van der Waals surface area contributed by atoms with Crippen LogP contribution in [-0.2, 0) is 9.59 Å². The highest BCUT2D eigenvalue weighted by molar-refractivity contribution is 5.91. The van der Waals surface area contributed by atoms with E-state index in [0.29, 0.717) is 30.8 Å². The Kier molecular flexibility index (Phi) is 5.28. The predicted molar refractivity (Wildman–Crippen MR) is 83.3 cm³/mol. The van der Waals surface area contributed by atoms with Gasteiger partial charge in [0.1, 0.15) is 6.04 Å². The van der Waals surface area contributed by atoms with Crippen molar-refractivity contribution in [3.05, 3.63) is 33.9 Å². The second kappa shape index (κ2) is 7.19. The Morgan fingerprint density at radius 1 is 1.48 bits per heavy atom. The van der Waals surface area contributed by atoms with Crippen molar-refractivity contribution in [3.8, 4) is 0 Å². The highest BCUT2D eigenvalue weighted by Gasteiger charge is 2.30. The smallest absolute Gasteiger partial charge is 0.320 e. The highest BCUT2D eigenvalue weighted by Crippen LogP contribution is 2.22. The van der Waals surface area contributed by atoms with Gasteiger partial charge in [-0.3, -0.25) is 24.6 Å². The van der Waals surface area contributed by atoms with Gasteiger partial charge < -0.3 is 10.4 Å². The molecule has 124 valence electrons. The van der Waals surface area contributed by atoms with Gasteiger partial charge in [-0.25, -0.2) is 0 Å². The fourth-order valence-corrected chi connectivity index (χ4v) is 2.73. The number of amides is 1. The molecule has 0 radical (unpaired) electrons. The van der Waals surface area contributed by atoms with Crippen LogP contribution in [-0.4, -0.2) is 45.9 Å². The van der Waals surface area contributed by atoms with E-state index in [1.165, 1.54) is 18.2 Å².